The average molecular weight is 511 g/mol. The maximum atomic E-state index is 12.7. The lowest BCUT2D eigenvalue weighted by molar-refractivity contribution is -0.274. The molecule has 34 heavy (non-hydrogen) atoms. The summed E-state index contributed by atoms with van der Waals surface area (Å²) in [6.45, 7) is 1.97. The lowest BCUT2D eigenvalue weighted by atomic mass is 10.1. The monoisotopic (exact) mass is 510 g/mol. The fraction of sp³-hybridized carbons (Fsp3) is 0.217. The van der Waals surface area contributed by atoms with Crippen molar-refractivity contribution in [1.82, 2.24) is 10.3 Å². The second-order valence-corrected chi connectivity index (χ2v) is 8.39. The van der Waals surface area contributed by atoms with Crippen molar-refractivity contribution in [3.05, 3.63) is 81.5 Å². The van der Waals surface area contributed by atoms with E-state index in [1.165, 1.54) is 30.5 Å². The van der Waals surface area contributed by atoms with Crippen LogP contribution < -0.4 is 20.3 Å². The average Bonchev–Trinajstić information content (AvgIpc) is 2.80. The molecule has 2 N–H and O–H groups in total. The number of anilines is 2. The molecule has 0 radical (unpaired) electrons. The van der Waals surface area contributed by atoms with Gasteiger partial charge in [-0.2, -0.15) is 0 Å². The predicted molar refractivity (Wildman–Crippen MR) is 125 cm³/mol. The summed E-state index contributed by atoms with van der Waals surface area (Å²) in [6.07, 6.45) is -3.28. The first-order valence-corrected chi connectivity index (χ1v) is 11.0. The number of nitrogens with one attached hydrogen (secondary N) is 2. The van der Waals surface area contributed by atoms with Crippen molar-refractivity contribution in [3.8, 4) is 5.75 Å². The van der Waals surface area contributed by atoms with Crippen molar-refractivity contribution in [1.29, 1.82) is 0 Å². The minimum Gasteiger partial charge on any atom is -0.406 e. The maximum Gasteiger partial charge on any atom is 0.573 e. The highest BCUT2D eigenvalue weighted by Crippen LogP contribution is 2.31. The molecular weight excluding hydrogens is 492 g/mol. The highest BCUT2D eigenvalue weighted by molar-refractivity contribution is 6.33. The van der Waals surface area contributed by atoms with Crippen LogP contribution in [0.3, 0.4) is 0 Å². The summed E-state index contributed by atoms with van der Waals surface area (Å²) in [5.41, 5.74) is 2.58. The van der Waals surface area contributed by atoms with Crippen LogP contribution in [0.25, 0.3) is 0 Å². The number of nitrogens with zero attached hydrogens (tertiary/aromatic N) is 2. The van der Waals surface area contributed by atoms with Crippen LogP contribution in [0, 0.1) is 0 Å². The van der Waals surface area contributed by atoms with Crippen molar-refractivity contribution in [3.63, 3.8) is 0 Å². The summed E-state index contributed by atoms with van der Waals surface area (Å²) in [5, 5.41) is 7.14. The van der Waals surface area contributed by atoms with Crippen molar-refractivity contribution in [2.45, 2.75) is 19.5 Å². The van der Waals surface area contributed by atoms with E-state index < -0.39 is 6.36 Å². The third-order valence-corrected chi connectivity index (χ3v) is 5.73. The van der Waals surface area contributed by atoms with Gasteiger partial charge in [-0.15, -0.1) is 13.2 Å². The molecule has 1 amide bonds. The van der Waals surface area contributed by atoms with Crippen LogP contribution in [-0.2, 0) is 13.1 Å². The Morgan fingerprint density at radius 1 is 1.15 bits per heavy atom. The SMILES string of the molecule is O=C(NCc1ccc(OC(F)(F)F)cc1)c1cnc2c(c1)N(Cc1cc(Cl)ccc1Cl)CCN2. The zero-order valence-corrected chi connectivity index (χ0v) is 19.1. The Hall–Kier alpha value is -3.17. The molecule has 2 heterocycles. The normalized spacial score (nSPS) is 13.1. The molecule has 0 spiro atoms. The van der Waals surface area contributed by atoms with Crippen LogP contribution in [0.1, 0.15) is 21.5 Å². The molecule has 178 valence electrons. The van der Waals surface area contributed by atoms with Gasteiger partial charge in [-0.1, -0.05) is 35.3 Å². The second kappa shape index (κ2) is 9.99. The molecule has 1 aliphatic rings. The summed E-state index contributed by atoms with van der Waals surface area (Å²) in [7, 11) is 0. The van der Waals surface area contributed by atoms with E-state index in [1.807, 2.05) is 0 Å². The van der Waals surface area contributed by atoms with Gasteiger partial charge in [-0.25, -0.2) is 4.98 Å². The summed E-state index contributed by atoms with van der Waals surface area (Å²) >= 11 is 12.4. The van der Waals surface area contributed by atoms with Gasteiger partial charge in [0.05, 0.1) is 11.3 Å². The van der Waals surface area contributed by atoms with Gasteiger partial charge in [0, 0.05) is 42.4 Å². The summed E-state index contributed by atoms with van der Waals surface area (Å²) < 4.78 is 40.7. The number of amides is 1. The summed E-state index contributed by atoms with van der Waals surface area (Å²) in [4.78, 5) is 19.2. The number of carbonyl (C=O) groups is 1. The van der Waals surface area contributed by atoms with Crippen LogP contribution in [0.15, 0.2) is 54.7 Å². The molecule has 0 atom stereocenters. The summed E-state index contributed by atoms with van der Waals surface area (Å²) in [5.74, 6) is -0.0349. The minimum atomic E-state index is -4.75. The van der Waals surface area contributed by atoms with Crippen LogP contribution in [0.4, 0.5) is 24.7 Å². The van der Waals surface area contributed by atoms with E-state index >= 15 is 0 Å². The molecule has 0 unspecified atom stereocenters. The van der Waals surface area contributed by atoms with Gasteiger partial charge in [0.2, 0.25) is 0 Å². The Morgan fingerprint density at radius 2 is 1.91 bits per heavy atom. The van der Waals surface area contributed by atoms with Crippen molar-refractivity contribution in [2.24, 2.45) is 0 Å². The number of benzene rings is 2. The smallest absolute Gasteiger partial charge is 0.406 e. The number of rotatable bonds is 6. The van der Waals surface area contributed by atoms with E-state index in [4.69, 9.17) is 23.2 Å². The number of hydrogen-bond donors (Lipinski definition) is 2. The maximum absolute atomic E-state index is 12.7. The van der Waals surface area contributed by atoms with Gasteiger partial charge in [0.1, 0.15) is 11.6 Å². The van der Waals surface area contributed by atoms with Crippen molar-refractivity contribution >= 4 is 40.6 Å². The first-order chi connectivity index (χ1) is 16.2. The zero-order valence-electron chi connectivity index (χ0n) is 17.6. The number of carbonyl (C=O) groups excluding carboxylic acids is 1. The number of ether oxygens (including phenoxy) is 1. The molecular formula is C23H19Cl2F3N4O2. The zero-order chi connectivity index (χ0) is 24.3. The first kappa shape index (κ1) is 24.0. The Balaban J connectivity index is 1.44. The fourth-order valence-electron chi connectivity index (χ4n) is 3.51. The number of halogens is 5. The van der Waals surface area contributed by atoms with Gasteiger partial charge in [-0.3, -0.25) is 4.79 Å². The lowest BCUT2D eigenvalue weighted by Gasteiger charge is -2.32. The second-order valence-electron chi connectivity index (χ2n) is 7.55. The highest BCUT2D eigenvalue weighted by atomic mass is 35.5. The quantitative estimate of drug-likeness (QED) is 0.448. The van der Waals surface area contributed by atoms with E-state index in [2.05, 4.69) is 25.3 Å². The van der Waals surface area contributed by atoms with E-state index in [9.17, 15) is 18.0 Å². The van der Waals surface area contributed by atoms with E-state index in [-0.39, 0.29) is 18.2 Å². The molecule has 0 bridgehead atoms. The number of aromatic nitrogens is 1. The third-order valence-electron chi connectivity index (χ3n) is 5.12. The van der Waals surface area contributed by atoms with Crippen LogP contribution in [-0.4, -0.2) is 30.3 Å². The molecule has 4 rings (SSSR count). The third kappa shape index (κ3) is 6.03. The molecule has 1 aromatic heterocycles. The molecule has 3 aromatic rings. The molecule has 6 nitrogen and oxygen atoms in total. The number of pyridine rings is 1. The van der Waals surface area contributed by atoms with Crippen LogP contribution >= 0.6 is 23.2 Å². The largest absolute Gasteiger partial charge is 0.573 e. The van der Waals surface area contributed by atoms with Gasteiger partial charge in [0.15, 0.2) is 0 Å². The van der Waals surface area contributed by atoms with Gasteiger partial charge in [0.25, 0.3) is 5.91 Å². The lowest BCUT2D eigenvalue weighted by Crippen LogP contribution is -2.34. The van der Waals surface area contributed by atoms with Gasteiger partial charge in [-0.05, 0) is 47.5 Å². The van der Waals surface area contributed by atoms with Gasteiger partial charge < -0.3 is 20.3 Å². The number of hydrogen-bond acceptors (Lipinski definition) is 5. The Labute approximate surface area is 203 Å². The summed E-state index contributed by atoms with van der Waals surface area (Å²) in [6, 6.07) is 12.3. The molecule has 1 aliphatic heterocycles. The Kier molecular flexibility index (Phi) is 7.04. The molecule has 0 fully saturated rings. The van der Waals surface area contributed by atoms with Crippen LogP contribution in [0.2, 0.25) is 10.0 Å². The van der Waals surface area contributed by atoms with Crippen molar-refractivity contribution < 1.29 is 22.7 Å². The van der Waals surface area contributed by atoms with E-state index in [0.29, 0.717) is 46.6 Å². The molecule has 2 aromatic carbocycles. The fourth-order valence-corrected chi connectivity index (χ4v) is 3.88. The molecule has 11 heteroatoms. The predicted octanol–water partition coefficient (Wildman–Crippen LogP) is 5.65. The molecule has 0 aliphatic carbocycles. The highest BCUT2D eigenvalue weighted by Gasteiger charge is 2.31. The standard InChI is InChI=1S/C23H19Cl2F3N4O2/c24-17-3-6-19(25)16(9-17)13-32-8-7-29-21-20(32)10-15(12-30-21)22(33)31-11-14-1-4-18(5-2-14)34-23(26,27)28/h1-6,9-10,12H,7-8,11,13H2,(H,29,30)(H,31,33). The number of alkyl halides is 3. The van der Waals surface area contributed by atoms with E-state index in [0.717, 1.165) is 11.3 Å². The van der Waals surface area contributed by atoms with Crippen LogP contribution in [0.5, 0.6) is 5.75 Å². The van der Waals surface area contributed by atoms with Gasteiger partial charge >= 0.3 is 6.36 Å². The molecule has 0 saturated heterocycles. The van der Waals surface area contributed by atoms with E-state index in [1.54, 1.807) is 24.3 Å². The Bertz CT molecular complexity index is 1190. The van der Waals surface area contributed by atoms with Crippen molar-refractivity contribution in [2.75, 3.05) is 23.3 Å². The minimum absolute atomic E-state index is 0.127. The Morgan fingerprint density at radius 3 is 2.65 bits per heavy atom. The first-order valence-electron chi connectivity index (χ1n) is 10.2. The molecule has 0 saturated carbocycles. The topological polar surface area (TPSA) is 66.5 Å². The number of fused-ring (bicyclic) bond motifs is 1.